The summed E-state index contributed by atoms with van der Waals surface area (Å²) in [6, 6.07) is 12.9. The van der Waals surface area contributed by atoms with E-state index in [1.165, 1.54) is 12.1 Å². The Morgan fingerprint density at radius 1 is 1.08 bits per heavy atom. The number of benzene rings is 2. The number of nitrogens with zero attached hydrogens (tertiary/aromatic N) is 1. The van der Waals surface area contributed by atoms with E-state index in [1.54, 1.807) is 36.4 Å². The molecule has 3 rings (SSSR count). The van der Waals surface area contributed by atoms with Crippen molar-refractivity contribution in [2.75, 3.05) is 11.9 Å². The molecular formula is C17H15ClN2O4S. The van der Waals surface area contributed by atoms with Crippen molar-refractivity contribution in [3.63, 3.8) is 0 Å². The Morgan fingerprint density at radius 2 is 1.76 bits per heavy atom. The van der Waals surface area contributed by atoms with E-state index in [2.05, 4.69) is 5.32 Å². The molecule has 130 valence electrons. The highest BCUT2D eigenvalue weighted by Crippen LogP contribution is 2.30. The average Bonchev–Trinajstić information content (AvgIpc) is 2.78. The molecule has 1 aliphatic rings. The third kappa shape index (κ3) is 3.38. The standard InChI is InChI=1S/C17H15ClN2O4S/c18-13-7-2-3-8-14(13)19-16(21)10-5-11-20-17(22)12-6-1-4-9-15(12)25(20,23)24/h1-4,6-9H,5,10-11H2,(H,19,21). The van der Waals surface area contributed by atoms with E-state index in [0.29, 0.717) is 10.7 Å². The molecule has 1 N–H and O–H groups in total. The fraction of sp³-hybridized carbons (Fsp3) is 0.176. The van der Waals surface area contributed by atoms with Gasteiger partial charge in [-0.05, 0) is 30.7 Å². The lowest BCUT2D eigenvalue weighted by Gasteiger charge is -2.14. The van der Waals surface area contributed by atoms with Crippen LogP contribution in [0, 0.1) is 0 Å². The topological polar surface area (TPSA) is 83.6 Å². The number of fused-ring (bicyclic) bond motifs is 1. The largest absolute Gasteiger partial charge is 0.325 e. The molecule has 1 heterocycles. The Kier molecular flexibility index (Phi) is 4.78. The maximum Gasteiger partial charge on any atom is 0.269 e. The zero-order chi connectivity index (χ0) is 18.0. The molecule has 8 heteroatoms. The van der Waals surface area contributed by atoms with Crippen LogP contribution < -0.4 is 5.32 Å². The van der Waals surface area contributed by atoms with Gasteiger partial charge in [0.15, 0.2) is 0 Å². The first-order valence-electron chi connectivity index (χ1n) is 7.62. The predicted octanol–water partition coefficient (Wildman–Crippen LogP) is 2.90. The Balaban J connectivity index is 1.61. The van der Waals surface area contributed by atoms with Crippen molar-refractivity contribution in [2.24, 2.45) is 0 Å². The number of amides is 2. The van der Waals surface area contributed by atoms with Crippen molar-refractivity contribution in [1.82, 2.24) is 4.31 Å². The number of carbonyl (C=O) groups excluding carboxylic acids is 2. The molecule has 0 aliphatic carbocycles. The number of carbonyl (C=O) groups is 2. The summed E-state index contributed by atoms with van der Waals surface area (Å²) in [6.07, 6.45) is 0.288. The number of hydrogen-bond acceptors (Lipinski definition) is 4. The molecule has 0 unspecified atom stereocenters. The lowest BCUT2D eigenvalue weighted by atomic mass is 10.2. The highest BCUT2D eigenvalue weighted by molar-refractivity contribution is 7.90. The van der Waals surface area contributed by atoms with Crippen molar-refractivity contribution in [3.05, 3.63) is 59.1 Å². The van der Waals surface area contributed by atoms with E-state index in [0.717, 1.165) is 4.31 Å². The zero-order valence-electron chi connectivity index (χ0n) is 13.1. The van der Waals surface area contributed by atoms with E-state index >= 15 is 0 Å². The van der Waals surface area contributed by atoms with Crippen LogP contribution in [-0.4, -0.2) is 31.1 Å². The normalized spacial score (nSPS) is 15.1. The maximum absolute atomic E-state index is 12.4. The molecule has 2 aromatic carbocycles. The van der Waals surface area contributed by atoms with Crippen LogP contribution in [0.3, 0.4) is 0 Å². The lowest BCUT2D eigenvalue weighted by molar-refractivity contribution is -0.116. The van der Waals surface area contributed by atoms with Gasteiger partial charge in [0.1, 0.15) is 4.90 Å². The van der Waals surface area contributed by atoms with Crippen LogP contribution in [-0.2, 0) is 14.8 Å². The van der Waals surface area contributed by atoms with Crippen LogP contribution in [0.4, 0.5) is 5.69 Å². The number of rotatable bonds is 5. The molecule has 0 saturated heterocycles. The summed E-state index contributed by atoms with van der Waals surface area (Å²) >= 11 is 5.97. The van der Waals surface area contributed by atoms with Crippen LogP contribution in [0.15, 0.2) is 53.4 Å². The lowest BCUT2D eigenvalue weighted by Crippen LogP contribution is -2.31. The zero-order valence-corrected chi connectivity index (χ0v) is 14.7. The first-order valence-corrected chi connectivity index (χ1v) is 9.43. The first kappa shape index (κ1) is 17.4. The molecule has 2 amide bonds. The van der Waals surface area contributed by atoms with E-state index in [9.17, 15) is 18.0 Å². The molecular weight excluding hydrogens is 364 g/mol. The molecule has 0 fully saturated rings. The minimum atomic E-state index is -3.83. The highest BCUT2D eigenvalue weighted by atomic mass is 35.5. The van der Waals surface area contributed by atoms with Gasteiger partial charge in [-0.1, -0.05) is 35.9 Å². The number of sulfonamides is 1. The molecule has 0 atom stereocenters. The van der Waals surface area contributed by atoms with Crippen LogP contribution in [0.1, 0.15) is 23.2 Å². The second-order valence-corrected chi connectivity index (χ2v) is 7.75. The smallest absolute Gasteiger partial charge is 0.269 e. The van der Waals surface area contributed by atoms with E-state index in [4.69, 9.17) is 11.6 Å². The second-order valence-electron chi connectivity index (χ2n) is 5.51. The summed E-state index contributed by atoms with van der Waals surface area (Å²) in [4.78, 5) is 24.2. The van der Waals surface area contributed by atoms with E-state index in [-0.39, 0.29) is 35.8 Å². The Bertz CT molecular complexity index is 943. The van der Waals surface area contributed by atoms with Gasteiger partial charge in [-0.2, -0.15) is 0 Å². The molecule has 25 heavy (non-hydrogen) atoms. The molecule has 0 spiro atoms. The Morgan fingerprint density at radius 3 is 2.48 bits per heavy atom. The van der Waals surface area contributed by atoms with Crippen molar-refractivity contribution < 1.29 is 18.0 Å². The van der Waals surface area contributed by atoms with Crippen molar-refractivity contribution >= 4 is 39.1 Å². The third-order valence-corrected chi connectivity index (χ3v) is 6.00. The molecule has 0 saturated carbocycles. The van der Waals surface area contributed by atoms with Crippen LogP contribution in [0.25, 0.3) is 0 Å². The SMILES string of the molecule is O=C(CCCN1C(=O)c2ccccc2S1(=O)=O)Nc1ccccc1Cl. The minimum absolute atomic E-state index is 0.0144. The molecule has 0 radical (unpaired) electrons. The van der Waals surface area contributed by atoms with Crippen LogP contribution in [0.2, 0.25) is 5.02 Å². The summed E-state index contributed by atoms with van der Waals surface area (Å²) < 4.78 is 25.6. The molecule has 0 bridgehead atoms. The fourth-order valence-corrected chi connectivity index (χ4v) is 4.40. The minimum Gasteiger partial charge on any atom is -0.325 e. The van der Waals surface area contributed by atoms with Gasteiger partial charge < -0.3 is 5.32 Å². The molecule has 2 aromatic rings. The summed E-state index contributed by atoms with van der Waals surface area (Å²) in [5, 5.41) is 3.08. The quantitative estimate of drug-likeness (QED) is 0.867. The monoisotopic (exact) mass is 378 g/mol. The third-order valence-electron chi connectivity index (χ3n) is 3.83. The summed E-state index contributed by atoms with van der Waals surface area (Å²) in [6.45, 7) is -0.0498. The number of anilines is 1. The summed E-state index contributed by atoms with van der Waals surface area (Å²) in [7, 11) is -3.83. The van der Waals surface area contributed by atoms with Gasteiger partial charge in [0, 0.05) is 13.0 Å². The first-order chi connectivity index (χ1) is 11.9. The molecule has 1 aliphatic heterocycles. The van der Waals surface area contributed by atoms with Crippen LogP contribution >= 0.6 is 11.6 Å². The molecule has 6 nitrogen and oxygen atoms in total. The van der Waals surface area contributed by atoms with Gasteiger partial charge in [-0.15, -0.1) is 0 Å². The van der Waals surface area contributed by atoms with Gasteiger partial charge in [0.25, 0.3) is 15.9 Å². The number of halogens is 1. The summed E-state index contributed by atoms with van der Waals surface area (Å²) in [5.41, 5.74) is 0.662. The predicted molar refractivity (Wildman–Crippen MR) is 94.0 cm³/mol. The average molecular weight is 379 g/mol. The van der Waals surface area contributed by atoms with Gasteiger partial charge >= 0.3 is 0 Å². The van der Waals surface area contributed by atoms with E-state index in [1.807, 2.05) is 0 Å². The van der Waals surface area contributed by atoms with Gasteiger partial charge in [-0.3, -0.25) is 9.59 Å². The Hall–Kier alpha value is -2.38. The number of nitrogens with one attached hydrogen (secondary N) is 1. The van der Waals surface area contributed by atoms with Gasteiger partial charge in [0.2, 0.25) is 5.91 Å². The Labute approximate surface area is 150 Å². The van der Waals surface area contributed by atoms with Gasteiger partial charge in [-0.25, -0.2) is 12.7 Å². The fourth-order valence-electron chi connectivity index (χ4n) is 2.61. The highest BCUT2D eigenvalue weighted by Gasteiger charge is 2.40. The number of hydrogen-bond donors (Lipinski definition) is 1. The van der Waals surface area contributed by atoms with Crippen molar-refractivity contribution in [3.8, 4) is 0 Å². The van der Waals surface area contributed by atoms with E-state index < -0.39 is 15.9 Å². The van der Waals surface area contributed by atoms with Crippen molar-refractivity contribution in [2.45, 2.75) is 17.7 Å². The van der Waals surface area contributed by atoms with Crippen molar-refractivity contribution in [1.29, 1.82) is 0 Å². The number of para-hydroxylation sites is 1. The van der Waals surface area contributed by atoms with Crippen LogP contribution in [0.5, 0.6) is 0 Å². The van der Waals surface area contributed by atoms with Gasteiger partial charge in [0.05, 0.1) is 16.3 Å². The maximum atomic E-state index is 12.4. The summed E-state index contributed by atoms with van der Waals surface area (Å²) in [5.74, 6) is -0.850. The molecule has 0 aromatic heterocycles. The second kappa shape index (κ2) is 6.85.